The maximum atomic E-state index is 2.47. The van der Waals surface area contributed by atoms with E-state index in [1.807, 2.05) is 0 Å². The molecule has 40 heavy (non-hydrogen) atoms. The summed E-state index contributed by atoms with van der Waals surface area (Å²) in [6.07, 6.45) is 0. The molecule has 0 saturated carbocycles. The van der Waals surface area contributed by atoms with E-state index in [0.717, 1.165) is 0 Å². The Hall–Kier alpha value is -5.34. The Morgan fingerprint density at radius 1 is 0.325 bits per heavy atom. The van der Waals surface area contributed by atoms with Gasteiger partial charge in [-0.05, 0) is 64.0 Å². The highest BCUT2D eigenvalue weighted by atomic mass is 15.0. The molecular formula is C38H24N2. The molecule has 0 aliphatic heterocycles. The third-order valence-electron chi connectivity index (χ3n) is 8.46. The van der Waals surface area contributed by atoms with Crippen molar-refractivity contribution >= 4 is 65.2 Å². The van der Waals surface area contributed by atoms with Crippen LogP contribution in [0.4, 0.5) is 0 Å². The molecule has 0 N–H and O–H groups in total. The molecular weight excluding hydrogens is 484 g/mol. The maximum Gasteiger partial charge on any atom is 0.0641 e. The van der Waals surface area contributed by atoms with Crippen molar-refractivity contribution in [2.75, 3.05) is 0 Å². The van der Waals surface area contributed by atoms with Crippen molar-refractivity contribution in [2.45, 2.75) is 0 Å². The van der Waals surface area contributed by atoms with E-state index >= 15 is 0 Å². The number of aromatic nitrogens is 2. The van der Waals surface area contributed by atoms with Crippen LogP contribution in [0.5, 0.6) is 0 Å². The van der Waals surface area contributed by atoms with Crippen molar-refractivity contribution in [2.24, 2.45) is 0 Å². The van der Waals surface area contributed by atoms with Gasteiger partial charge in [0.25, 0.3) is 0 Å². The fourth-order valence-corrected chi connectivity index (χ4v) is 6.77. The van der Waals surface area contributed by atoms with Gasteiger partial charge in [0.15, 0.2) is 0 Å². The van der Waals surface area contributed by atoms with Crippen molar-refractivity contribution in [1.82, 2.24) is 9.13 Å². The Bertz CT molecular complexity index is 2420. The molecule has 0 bridgehead atoms. The number of fused-ring (bicyclic) bond motifs is 10. The van der Waals surface area contributed by atoms with Crippen LogP contribution in [0, 0.1) is 0 Å². The van der Waals surface area contributed by atoms with Gasteiger partial charge in [0.2, 0.25) is 0 Å². The van der Waals surface area contributed by atoms with E-state index in [2.05, 4.69) is 155 Å². The molecule has 0 fully saturated rings. The summed E-state index contributed by atoms with van der Waals surface area (Å²) in [4.78, 5) is 0. The molecule has 2 nitrogen and oxygen atoms in total. The first-order valence-electron chi connectivity index (χ1n) is 13.8. The molecule has 0 unspecified atom stereocenters. The lowest BCUT2D eigenvalue weighted by Gasteiger charge is -2.10. The highest BCUT2D eigenvalue weighted by molar-refractivity contribution is 6.30. The Morgan fingerprint density at radius 3 is 1.85 bits per heavy atom. The van der Waals surface area contributed by atoms with Gasteiger partial charge in [0.1, 0.15) is 0 Å². The third kappa shape index (κ3) is 2.88. The first kappa shape index (κ1) is 21.6. The van der Waals surface area contributed by atoms with E-state index in [1.54, 1.807) is 0 Å². The van der Waals surface area contributed by atoms with E-state index in [4.69, 9.17) is 0 Å². The fourth-order valence-electron chi connectivity index (χ4n) is 6.77. The number of hydrogen-bond donors (Lipinski definition) is 0. The van der Waals surface area contributed by atoms with Gasteiger partial charge in [-0.2, -0.15) is 0 Å². The minimum Gasteiger partial charge on any atom is -0.309 e. The summed E-state index contributed by atoms with van der Waals surface area (Å²) >= 11 is 0. The molecule has 2 aromatic heterocycles. The van der Waals surface area contributed by atoms with Crippen molar-refractivity contribution in [3.63, 3.8) is 0 Å². The molecule has 2 heterocycles. The van der Waals surface area contributed by atoms with Crippen LogP contribution < -0.4 is 0 Å². The number of nitrogens with zero attached hydrogens (tertiary/aromatic N) is 2. The predicted octanol–water partition coefficient (Wildman–Crippen LogP) is 10.2. The second-order valence-corrected chi connectivity index (χ2v) is 10.6. The number of para-hydroxylation sites is 2. The van der Waals surface area contributed by atoms with Crippen LogP contribution in [0.2, 0.25) is 0 Å². The van der Waals surface area contributed by atoms with Gasteiger partial charge < -0.3 is 9.13 Å². The zero-order chi connectivity index (χ0) is 26.2. The lowest BCUT2D eigenvalue weighted by atomic mass is 10.0. The summed E-state index contributed by atoms with van der Waals surface area (Å²) in [7, 11) is 0. The summed E-state index contributed by atoms with van der Waals surface area (Å²) in [6.45, 7) is 0. The summed E-state index contributed by atoms with van der Waals surface area (Å²) in [5.74, 6) is 0. The average molecular weight is 509 g/mol. The van der Waals surface area contributed by atoms with Crippen LogP contribution in [0.3, 0.4) is 0 Å². The summed E-state index contributed by atoms with van der Waals surface area (Å²) in [5, 5.41) is 10.2. The van der Waals surface area contributed by atoms with E-state index in [1.165, 1.54) is 76.5 Å². The van der Waals surface area contributed by atoms with Crippen LogP contribution in [-0.2, 0) is 0 Å². The largest absolute Gasteiger partial charge is 0.309 e. The van der Waals surface area contributed by atoms with Crippen LogP contribution in [0.15, 0.2) is 146 Å². The molecule has 0 aliphatic carbocycles. The Balaban J connectivity index is 1.52. The van der Waals surface area contributed by atoms with E-state index in [-0.39, 0.29) is 0 Å². The third-order valence-corrected chi connectivity index (χ3v) is 8.46. The van der Waals surface area contributed by atoms with Gasteiger partial charge in [-0.15, -0.1) is 0 Å². The molecule has 7 aromatic carbocycles. The van der Waals surface area contributed by atoms with Crippen LogP contribution in [0.1, 0.15) is 0 Å². The zero-order valence-electron chi connectivity index (χ0n) is 21.8. The molecule has 0 amide bonds. The average Bonchev–Trinajstić information content (AvgIpc) is 3.54. The molecule has 0 saturated heterocycles. The molecule has 186 valence electrons. The van der Waals surface area contributed by atoms with Crippen LogP contribution in [0.25, 0.3) is 76.5 Å². The van der Waals surface area contributed by atoms with Crippen molar-refractivity contribution in [3.8, 4) is 11.4 Å². The molecule has 2 heteroatoms. The first-order valence-corrected chi connectivity index (χ1v) is 13.8. The molecule has 0 aliphatic rings. The minimum atomic E-state index is 1.17. The quantitative estimate of drug-likeness (QED) is 0.220. The Morgan fingerprint density at radius 2 is 0.975 bits per heavy atom. The van der Waals surface area contributed by atoms with Crippen molar-refractivity contribution in [1.29, 1.82) is 0 Å². The Kier molecular flexibility index (Phi) is 4.36. The second kappa shape index (κ2) is 8.08. The molecule has 0 radical (unpaired) electrons. The monoisotopic (exact) mass is 508 g/mol. The molecule has 9 rings (SSSR count). The highest BCUT2D eigenvalue weighted by Gasteiger charge is 2.21. The fraction of sp³-hybridized carbons (Fsp3) is 0. The lowest BCUT2D eigenvalue weighted by Crippen LogP contribution is -1.95. The number of rotatable bonds is 2. The lowest BCUT2D eigenvalue weighted by molar-refractivity contribution is 1.18. The predicted molar refractivity (Wildman–Crippen MR) is 170 cm³/mol. The number of hydrogen-bond acceptors (Lipinski definition) is 0. The SMILES string of the molecule is c1ccc(-n2c3ccc4ccccc4c3c3ccc4c(c5ccccc5n4-c4ccc5ccccc5c4)c32)cc1. The van der Waals surface area contributed by atoms with Crippen LogP contribution >= 0.6 is 0 Å². The second-order valence-electron chi connectivity index (χ2n) is 10.6. The maximum absolute atomic E-state index is 2.47. The van der Waals surface area contributed by atoms with Gasteiger partial charge in [0, 0.05) is 32.9 Å². The van der Waals surface area contributed by atoms with Crippen molar-refractivity contribution in [3.05, 3.63) is 146 Å². The normalized spacial score (nSPS) is 12.0. The van der Waals surface area contributed by atoms with Crippen LogP contribution in [-0.4, -0.2) is 9.13 Å². The zero-order valence-corrected chi connectivity index (χ0v) is 21.8. The minimum absolute atomic E-state index is 1.17. The van der Waals surface area contributed by atoms with Gasteiger partial charge >= 0.3 is 0 Å². The smallest absolute Gasteiger partial charge is 0.0641 e. The summed E-state index contributed by atoms with van der Waals surface area (Å²) < 4.78 is 4.90. The number of benzene rings is 7. The molecule has 9 aromatic rings. The molecule has 0 spiro atoms. The van der Waals surface area contributed by atoms with Gasteiger partial charge in [-0.25, -0.2) is 0 Å². The Labute approximate surface area is 230 Å². The van der Waals surface area contributed by atoms with Gasteiger partial charge in [-0.1, -0.05) is 103 Å². The van der Waals surface area contributed by atoms with Crippen molar-refractivity contribution < 1.29 is 0 Å². The first-order chi connectivity index (χ1) is 19.9. The van der Waals surface area contributed by atoms with E-state index in [9.17, 15) is 0 Å². The van der Waals surface area contributed by atoms with E-state index < -0.39 is 0 Å². The van der Waals surface area contributed by atoms with Gasteiger partial charge in [-0.3, -0.25) is 0 Å². The molecule has 0 atom stereocenters. The standard InChI is InChI=1S/C38H24N2/c1-2-13-28(14-3-1)40-34-22-19-26-11-6-7-15-30(26)36(34)32-21-23-35-37(38(32)40)31-16-8-9-17-33(31)39(35)29-20-18-25-10-4-5-12-27(25)24-29/h1-24H. The topological polar surface area (TPSA) is 9.86 Å². The summed E-state index contributed by atoms with van der Waals surface area (Å²) in [5.41, 5.74) is 7.27. The highest BCUT2D eigenvalue weighted by Crippen LogP contribution is 2.43. The van der Waals surface area contributed by atoms with E-state index in [0.29, 0.717) is 0 Å². The van der Waals surface area contributed by atoms with Gasteiger partial charge in [0.05, 0.1) is 22.1 Å². The summed E-state index contributed by atoms with van der Waals surface area (Å²) in [6, 6.07) is 53.0.